The molecule has 0 aliphatic rings. The van der Waals surface area contributed by atoms with Crippen molar-refractivity contribution in [2.75, 3.05) is 18.3 Å². The smallest absolute Gasteiger partial charge is 0.221 e. The average molecular weight is 230 g/mol. The van der Waals surface area contributed by atoms with Crippen molar-refractivity contribution < 1.29 is 4.74 Å². The van der Waals surface area contributed by atoms with Gasteiger partial charge in [0.05, 0.1) is 12.7 Å². The number of nitrogens with one attached hydrogen (secondary N) is 1. The van der Waals surface area contributed by atoms with Crippen LogP contribution in [0.25, 0.3) is 0 Å². The van der Waals surface area contributed by atoms with E-state index in [2.05, 4.69) is 22.2 Å². The molecule has 84 valence electrons. The van der Waals surface area contributed by atoms with Gasteiger partial charge in [0.25, 0.3) is 0 Å². The Balaban J connectivity index is 2.85. The Hall–Kier alpha value is -1.03. The minimum Gasteiger partial charge on any atom is -0.481 e. The SMILES string of the molecule is CCC(CCl)Nc1ncnc(OC)c1C. The highest BCUT2D eigenvalue weighted by Gasteiger charge is 2.10. The minimum atomic E-state index is 0.227. The van der Waals surface area contributed by atoms with Gasteiger partial charge in [-0.25, -0.2) is 9.97 Å². The predicted molar refractivity (Wildman–Crippen MR) is 61.7 cm³/mol. The summed E-state index contributed by atoms with van der Waals surface area (Å²) in [5.74, 6) is 1.94. The van der Waals surface area contributed by atoms with E-state index in [4.69, 9.17) is 16.3 Å². The Kier molecular flexibility index (Phi) is 4.62. The first-order valence-corrected chi connectivity index (χ1v) is 5.44. The molecule has 15 heavy (non-hydrogen) atoms. The molecule has 1 aromatic heterocycles. The molecular formula is C10H16ClN3O. The number of halogens is 1. The summed E-state index contributed by atoms with van der Waals surface area (Å²) >= 11 is 5.81. The molecule has 1 atom stereocenters. The highest BCUT2D eigenvalue weighted by Crippen LogP contribution is 2.20. The van der Waals surface area contributed by atoms with E-state index in [0.29, 0.717) is 11.8 Å². The standard InChI is InChI=1S/C10H16ClN3O/c1-4-8(5-11)14-9-7(2)10(15-3)13-6-12-9/h6,8H,4-5H2,1-3H3,(H,12,13,14). The van der Waals surface area contributed by atoms with Crippen LogP contribution >= 0.6 is 11.6 Å². The third-order valence-electron chi connectivity index (χ3n) is 2.25. The lowest BCUT2D eigenvalue weighted by atomic mass is 10.2. The lowest BCUT2D eigenvalue weighted by Crippen LogP contribution is -2.21. The molecule has 0 spiro atoms. The summed E-state index contributed by atoms with van der Waals surface area (Å²) in [6.07, 6.45) is 2.43. The molecule has 1 unspecified atom stereocenters. The zero-order chi connectivity index (χ0) is 11.3. The number of nitrogens with zero attached hydrogens (tertiary/aromatic N) is 2. The predicted octanol–water partition coefficient (Wildman–Crippen LogP) is 2.22. The first kappa shape index (κ1) is 12.0. The zero-order valence-electron chi connectivity index (χ0n) is 9.25. The second kappa shape index (κ2) is 5.75. The highest BCUT2D eigenvalue weighted by atomic mass is 35.5. The summed E-state index contributed by atoms with van der Waals surface area (Å²) in [7, 11) is 1.60. The van der Waals surface area contributed by atoms with E-state index in [1.165, 1.54) is 6.33 Å². The van der Waals surface area contributed by atoms with Crippen molar-refractivity contribution in [1.82, 2.24) is 9.97 Å². The Morgan fingerprint density at radius 2 is 2.27 bits per heavy atom. The van der Waals surface area contributed by atoms with E-state index in [-0.39, 0.29) is 6.04 Å². The van der Waals surface area contributed by atoms with Gasteiger partial charge in [0.2, 0.25) is 5.88 Å². The van der Waals surface area contributed by atoms with Gasteiger partial charge in [-0.2, -0.15) is 0 Å². The quantitative estimate of drug-likeness (QED) is 0.787. The van der Waals surface area contributed by atoms with E-state index in [9.17, 15) is 0 Å². The molecule has 0 aromatic carbocycles. The van der Waals surface area contributed by atoms with Crippen LogP contribution in [-0.2, 0) is 0 Å². The second-order valence-electron chi connectivity index (χ2n) is 3.26. The van der Waals surface area contributed by atoms with E-state index < -0.39 is 0 Å². The number of alkyl halides is 1. The molecule has 0 aliphatic heterocycles. The Bertz CT molecular complexity index is 316. The van der Waals surface area contributed by atoms with Gasteiger partial charge in [0.1, 0.15) is 12.1 Å². The van der Waals surface area contributed by atoms with Gasteiger partial charge in [-0.15, -0.1) is 11.6 Å². The van der Waals surface area contributed by atoms with Gasteiger partial charge in [0, 0.05) is 11.9 Å². The van der Waals surface area contributed by atoms with Crippen LogP contribution < -0.4 is 10.1 Å². The van der Waals surface area contributed by atoms with Gasteiger partial charge in [-0.05, 0) is 13.3 Å². The van der Waals surface area contributed by atoms with Crippen LogP contribution in [0.15, 0.2) is 6.33 Å². The van der Waals surface area contributed by atoms with E-state index in [1.807, 2.05) is 6.92 Å². The van der Waals surface area contributed by atoms with Crippen molar-refractivity contribution in [3.05, 3.63) is 11.9 Å². The molecule has 5 heteroatoms. The molecule has 0 fully saturated rings. The summed E-state index contributed by atoms with van der Waals surface area (Å²) < 4.78 is 5.11. The summed E-state index contributed by atoms with van der Waals surface area (Å²) in [6, 6.07) is 0.227. The van der Waals surface area contributed by atoms with Crippen LogP contribution in [0.5, 0.6) is 5.88 Å². The molecular weight excluding hydrogens is 214 g/mol. The minimum absolute atomic E-state index is 0.227. The second-order valence-corrected chi connectivity index (χ2v) is 3.57. The fraction of sp³-hybridized carbons (Fsp3) is 0.600. The molecule has 1 aromatic rings. The van der Waals surface area contributed by atoms with E-state index in [0.717, 1.165) is 17.8 Å². The molecule has 0 aliphatic carbocycles. The van der Waals surface area contributed by atoms with Crippen molar-refractivity contribution in [3.8, 4) is 5.88 Å². The maximum Gasteiger partial charge on any atom is 0.221 e. The maximum absolute atomic E-state index is 5.81. The largest absolute Gasteiger partial charge is 0.481 e. The average Bonchev–Trinajstić information content (AvgIpc) is 2.28. The normalized spacial score (nSPS) is 12.3. The summed E-state index contributed by atoms with van der Waals surface area (Å²) in [5, 5.41) is 3.26. The Morgan fingerprint density at radius 1 is 1.53 bits per heavy atom. The van der Waals surface area contributed by atoms with Crippen molar-refractivity contribution in [2.45, 2.75) is 26.3 Å². The molecule has 0 saturated carbocycles. The van der Waals surface area contributed by atoms with Crippen molar-refractivity contribution in [3.63, 3.8) is 0 Å². The molecule has 1 rings (SSSR count). The number of hydrogen-bond acceptors (Lipinski definition) is 4. The fourth-order valence-corrected chi connectivity index (χ4v) is 1.52. The van der Waals surface area contributed by atoms with Crippen molar-refractivity contribution in [2.24, 2.45) is 0 Å². The van der Waals surface area contributed by atoms with Gasteiger partial charge >= 0.3 is 0 Å². The van der Waals surface area contributed by atoms with Crippen LogP contribution in [0.3, 0.4) is 0 Å². The van der Waals surface area contributed by atoms with Crippen LogP contribution in [0.1, 0.15) is 18.9 Å². The molecule has 0 amide bonds. The maximum atomic E-state index is 5.81. The third-order valence-corrected chi connectivity index (χ3v) is 2.62. The van der Waals surface area contributed by atoms with Crippen LogP contribution in [0.2, 0.25) is 0 Å². The van der Waals surface area contributed by atoms with Gasteiger partial charge in [0.15, 0.2) is 0 Å². The first-order valence-electron chi connectivity index (χ1n) is 4.91. The number of hydrogen-bond donors (Lipinski definition) is 1. The van der Waals surface area contributed by atoms with Crippen LogP contribution in [-0.4, -0.2) is 29.0 Å². The summed E-state index contributed by atoms with van der Waals surface area (Å²) in [6.45, 7) is 4.00. The van der Waals surface area contributed by atoms with Crippen molar-refractivity contribution in [1.29, 1.82) is 0 Å². The molecule has 4 nitrogen and oxygen atoms in total. The highest BCUT2D eigenvalue weighted by molar-refractivity contribution is 6.18. The first-order chi connectivity index (χ1) is 7.22. The molecule has 0 saturated heterocycles. The number of methoxy groups -OCH3 is 1. The van der Waals surface area contributed by atoms with Gasteiger partial charge in [-0.1, -0.05) is 6.92 Å². The van der Waals surface area contributed by atoms with Gasteiger partial charge < -0.3 is 10.1 Å². The topological polar surface area (TPSA) is 47.0 Å². The molecule has 0 radical (unpaired) electrons. The Morgan fingerprint density at radius 3 is 2.80 bits per heavy atom. The third kappa shape index (κ3) is 2.96. The summed E-state index contributed by atoms with van der Waals surface area (Å²) in [5.41, 5.74) is 0.906. The number of rotatable bonds is 5. The summed E-state index contributed by atoms with van der Waals surface area (Å²) in [4.78, 5) is 8.17. The fourth-order valence-electron chi connectivity index (χ4n) is 1.23. The van der Waals surface area contributed by atoms with Crippen molar-refractivity contribution >= 4 is 17.4 Å². The van der Waals surface area contributed by atoms with Crippen LogP contribution in [0, 0.1) is 6.92 Å². The van der Waals surface area contributed by atoms with Crippen LogP contribution in [0.4, 0.5) is 5.82 Å². The number of ether oxygens (including phenoxy) is 1. The van der Waals surface area contributed by atoms with Gasteiger partial charge in [-0.3, -0.25) is 0 Å². The lowest BCUT2D eigenvalue weighted by molar-refractivity contribution is 0.393. The Labute approximate surface area is 95.0 Å². The number of anilines is 1. The number of aromatic nitrogens is 2. The van der Waals surface area contributed by atoms with E-state index in [1.54, 1.807) is 7.11 Å². The molecule has 0 bridgehead atoms. The molecule has 1 heterocycles. The zero-order valence-corrected chi connectivity index (χ0v) is 10.0. The monoisotopic (exact) mass is 229 g/mol. The van der Waals surface area contributed by atoms with E-state index >= 15 is 0 Å². The lowest BCUT2D eigenvalue weighted by Gasteiger charge is -2.16. The molecule has 1 N–H and O–H groups in total.